The molecule has 0 radical (unpaired) electrons. The van der Waals surface area contributed by atoms with Crippen LogP contribution in [-0.4, -0.2) is 32.7 Å². The number of amides is 1. The third-order valence-corrected chi connectivity index (χ3v) is 3.40. The van der Waals surface area contributed by atoms with Gasteiger partial charge in [-0.3, -0.25) is 4.79 Å². The summed E-state index contributed by atoms with van der Waals surface area (Å²) in [5.74, 6) is -0.0430. The largest absolute Gasteiger partial charge is 0.388 e. The van der Waals surface area contributed by atoms with Gasteiger partial charge < -0.3 is 10.4 Å². The molecule has 1 unspecified atom stereocenters. The topological polar surface area (TPSA) is 75.1 Å². The van der Waals surface area contributed by atoms with E-state index in [4.69, 9.17) is 0 Å². The van der Waals surface area contributed by atoms with Gasteiger partial charge in [0.15, 0.2) is 0 Å². The van der Waals surface area contributed by atoms with Crippen LogP contribution in [0.25, 0.3) is 0 Å². The van der Waals surface area contributed by atoms with Crippen LogP contribution in [0, 0.1) is 0 Å². The van der Waals surface area contributed by atoms with Crippen LogP contribution in [0.5, 0.6) is 0 Å². The molecular formula is C11H19N3O2S. The molecule has 0 fully saturated rings. The highest BCUT2D eigenvalue weighted by Crippen LogP contribution is 2.19. The Morgan fingerprint density at radius 2 is 2.24 bits per heavy atom. The van der Waals surface area contributed by atoms with E-state index >= 15 is 0 Å². The van der Waals surface area contributed by atoms with Gasteiger partial charge in [-0.25, -0.2) is 0 Å². The van der Waals surface area contributed by atoms with Crippen molar-refractivity contribution in [3.05, 3.63) is 10.6 Å². The molecule has 0 saturated heterocycles. The first-order chi connectivity index (χ1) is 7.87. The molecule has 0 saturated carbocycles. The molecule has 2 N–H and O–H groups in total. The maximum atomic E-state index is 11.9. The van der Waals surface area contributed by atoms with E-state index in [0.717, 1.165) is 11.5 Å². The number of rotatable bonds is 5. The molecule has 0 aliphatic rings. The minimum Gasteiger partial charge on any atom is -0.388 e. The number of carbonyl (C=O) groups excluding carboxylic acids is 1. The lowest BCUT2D eigenvalue weighted by Gasteiger charge is -2.21. The monoisotopic (exact) mass is 257 g/mol. The highest BCUT2D eigenvalue weighted by molar-refractivity contribution is 7.08. The summed E-state index contributed by atoms with van der Waals surface area (Å²) in [6.07, 6.45) is 0.589. The van der Waals surface area contributed by atoms with Gasteiger partial charge in [-0.2, -0.15) is 0 Å². The van der Waals surface area contributed by atoms with E-state index in [2.05, 4.69) is 14.9 Å². The molecule has 1 aromatic heterocycles. The maximum Gasteiger partial charge on any atom is 0.265 e. The zero-order valence-electron chi connectivity index (χ0n) is 10.6. The number of hydrogen-bond donors (Lipinski definition) is 2. The Morgan fingerprint density at radius 3 is 2.76 bits per heavy atom. The molecule has 0 aromatic carbocycles. The van der Waals surface area contributed by atoms with E-state index in [0.29, 0.717) is 17.0 Å². The molecule has 17 heavy (non-hydrogen) atoms. The van der Waals surface area contributed by atoms with Crippen LogP contribution in [0.3, 0.4) is 0 Å². The fourth-order valence-corrected chi connectivity index (χ4v) is 1.94. The third kappa shape index (κ3) is 3.74. The van der Waals surface area contributed by atoms with Crippen LogP contribution >= 0.6 is 11.5 Å². The fraction of sp³-hybridized carbons (Fsp3) is 0.727. The normalized spacial score (nSPS) is 14.7. The third-order valence-electron chi connectivity index (χ3n) is 2.66. The van der Waals surface area contributed by atoms with Crippen LogP contribution in [0.2, 0.25) is 0 Å². The molecule has 0 bridgehead atoms. The summed E-state index contributed by atoms with van der Waals surface area (Å²) >= 11 is 1.09. The van der Waals surface area contributed by atoms with Gasteiger partial charge in [0.1, 0.15) is 4.88 Å². The number of nitrogens with zero attached hydrogens (tertiary/aromatic N) is 2. The summed E-state index contributed by atoms with van der Waals surface area (Å²) in [5, 5.41) is 16.5. The summed E-state index contributed by atoms with van der Waals surface area (Å²) in [6.45, 7) is 7.74. The molecule has 1 atom stereocenters. The highest BCUT2D eigenvalue weighted by atomic mass is 32.1. The first kappa shape index (κ1) is 14.1. The number of carbonyl (C=O) groups is 1. The quantitative estimate of drug-likeness (QED) is 0.839. The second-order valence-corrected chi connectivity index (χ2v) is 5.43. The molecule has 1 heterocycles. The lowest BCUT2D eigenvalue weighted by molar-refractivity contribution is 0.0519. The van der Waals surface area contributed by atoms with Gasteiger partial charge in [0, 0.05) is 6.54 Å². The Labute approximate surface area is 105 Å². The van der Waals surface area contributed by atoms with Gasteiger partial charge in [0.2, 0.25) is 0 Å². The Morgan fingerprint density at radius 1 is 1.59 bits per heavy atom. The fourth-order valence-electron chi connectivity index (χ4n) is 1.21. The Kier molecular flexibility index (Phi) is 4.59. The average molecular weight is 257 g/mol. The van der Waals surface area contributed by atoms with Crippen molar-refractivity contribution in [2.45, 2.75) is 45.6 Å². The predicted octanol–water partition coefficient (Wildman–Crippen LogP) is 1.55. The second kappa shape index (κ2) is 5.55. The molecular weight excluding hydrogens is 238 g/mol. The van der Waals surface area contributed by atoms with Crippen LogP contribution in [0.4, 0.5) is 0 Å². The van der Waals surface area contributed by atoms with Gasteiger partial charge in [0.05, 0.1) is 11.3 Å². The lowest BCUT2D eigenvalue weighted by Crippen LogP contribution is -2.40. The van der Waals surface area contributed by atoms with Gasteiger partial charge in [0.25, 0.3) is 5.91 Å². The van der Waals surface area contributed by atoms with E-state index < -0.39 is 5.60 Å². The Hall–Kier alpha value is -1.01. The molecule has 1 aromatic rings. The summed E-state index contributed by atoms with van der Waals surface area (Å²) in [6, 6.07) is 0. The molecule has 0 aliphatic carbocycles. The van der Waals surface area contributed by atoms with Crippen LogP contribution in [0.1, 0.15) is 55.4 Å². The predicted molar refractivity (Wildman–Crippen MR) is 67.2 cm³/mol. The molecule has 0 spiro atoms. The minimum atomic E-state index is -0.869. The first-order valence-electron chi connectivity index (χ1n) is 5.70. The van der Waals surface area contributed by atoms with E-state index in [9.17, 15) is 9.90 Å². The van der Waals surface area contributed by atoms with Crippen molar-refractivity contribution in [3.63, 3.8) is 0 Å². The van der Waals surface area contributed by atoms with Gasteiger partial charge in [-0.1, -0.05) is 25.3 Å². The van der Waals surface area contributed by atoms with E-state index in [1.54, 1.807) is 6.92 Å². The van der Waals surface area contributed by atoms with Crippen molar-refractivity contribution in [2.24, 2.45) is 0 Å². The minimum absolute atomic E-state index is 0.168. The first-order valence-corrected chi connectivity index (χ1v) is 6.47. The number of hydrogen-bond acceptors (Lipinski definition) is 5. The van der Waals surface area contributed by atoms with Gasteiger partial charge in [-0.05, 0) is 30.8 Å². The zero-order chi connectivity index (χ0) is 13.1. The lowest BCUT2D eigenvalue weighted by atomic mass is 10.0. The van der Waals surface area contributed by atoms with Crippen LogP contribution in [0.15, 0.2) is 0 Å². The van der Waals surface area contributed by atoms with Crippen LogP contribution < -0.4 is 5.32 Å². The highest BCUT2D eigenvalue weighted by Gasteiger charge is 2.22. The number of aliphatic hydroxyl groups is 1. The smallest absolute Gasteiger partial charge is 0.265 e. The number of nitrogens with one attached hydrogen (secondary N) is 1. The summed E-state index contributed by atoms with van der Waals surface area (Å²) < 4.78 is 3.80. The van der Waals surface area contributed by atoms with Crippen molar-refractivity contribution >= 4 is 17.4 Å². The molecule has 6 heteroatoms. The summed E-state index contributed by atoms with van der Waals surface area (Å²) in [4.78, 5) is 12.4. The van der Waals surface area contributed by atoms with Gasteiger partial charge >= 0.3 is 0 Å². The summed E-state index contributed by atoms with van der Waals surface area (Å²) in [7, 11) is 0. The zero-order valence-corrected chi connectivity index (χ0v) is 11.5. The summed E-state index contributed by atoms with van der Waals surface area (Å²) in [5.41, 5.74) is -0.158. The van der Waals surface area contributed by atoms with E-state index in [1.165, 1.54) is 0 Å². The van der Waals surface area contributed by atoms with E-state index in [-0.39, 0.29) is 18.4 Å². The maximum absolute atomic E-state index is 11.9. The van der Waals surface area contributed by atoms with Crippen molar-refractivity contribution in [1.82, 2.24) is 14.9 Å². The van der Waals surface area contributed by atoms with Crippen molar-refractivity contribution in [1.29, 1.82) is 0 Å². The Balaban J connectivity index is 2.68. The molecule has 0 aliphatic heterocycles. The Bertz CT molecular complexity index is 388. The standard InChI is InChI=1S/C11H19N3O2S/c1-5-11(4,16)6-12-10(15)9-8(7(2)3)13-14-17-9/h7,16H,5-6H2,1-4H3,(H,12,15). The van der Waals surface area contributed by atoms with Crippen LogP contribution in [-0.2, 0) is 0 Å². The second-order valence-electron chi connectivity index (χ2n) is 4.68. The van der Waals surface area contributed by atoms with E-state index in [1.807, 2.05) is 20.8 Å². The molecule has 5 nitrogen and oxygen atoms in total. The number of aromatic nitrogens is 2. The molecule has 1 amide bonds. The van der Waals surface area contributed by atoms with Crippen molar-refractivity contribution in [3.8, 4) is 0 Å². The van der Waals surface area contributed by atoms with Crippen molar-refractivity contribution in [2.75, 3.05) is 6.54 Å². The molecule has 1 rings (SSSR count). The van der Waals surface area contributed by atoms with Gasteiger partial charge in [-0.15, -0.1) is 5.10 Å². The molecule has 96 valence electrons. The SMILES string of the molecule is CCC(C)(O)CNC(=O)c1snnc1C(C)C. The van der Waals surface area contributed by atoms with Crippen molar-refractivity contribution < 1.29 is 9.90 Å². The average Bonchev–Trinajstić information content (AvgIpc) is 2.75.